The van der Waals surface area contributed by atoms with Crippen LogP contribution in [-0.2, 0) is 24.8 Å². The number of fused-ring (bicyclic) bond motifs is 2. The van der Waals surface area contributed by atoms with E-state index in [-0.39, 0.29) is 12.5 Å². The molecule has 1 aromatic carbocycles. The average Bonchev–Trinajstić information content (AvgIpc) is 2.93. The summed E-state index contributed by atoms with van der Waals surface area (Å²) >= 11 is 0. The predicted octanol–water partition coefficient (Wildman–Crippen LogP) is 2.24. The topological polar surface area (TPSA) is 88.3 Å². The monoisotopic (exact) mass is 364 g/mol. The summed E-state index contributed by atoms with van der Waals surface area (Å²) in [5.74, 6) is -1.30. The standard InChI is InChI=1S/C20H20N4O3/c1-11-8-15(17-12(2)22-23(3)18(17)21-11)19(25)24-10-14-7-5-4-6-13(14)9-16(24)20(26)27/h4-8,16H,9-10H2,1-3H3,(H,26,27). The molecule has 0 bridgehead atoms. The Morgan fingerprint density at radius 3 is 2.59 bits per heavy atom. The van der Waals surface area contributed by atoms with Crippen LogP contribution in [0.15, 0.2) is 30.3 Å². The minimum absolute atomic E-state index is 0.272. The van der Waals surface area contributed by atoms with Crippen LogP contribution in [0, 0.1) is 13.8 Å². The minimum Gasteiger partial charge on any atom is -0.480 e. The van der Waals surface area contributed by atoms with E-state index in [1.807, 2.05) is 38.1 Å². The first-order valence-corrected chi connectivity index (χ1v) is 8.78. The van der Waals surface area contributed by atoms with Gasteiger partial charge < -0.3 is 10.0 Å². The first-order valence-electron chi connectivity index (χ1n) is 8.78. The van der Waals surface area contributed by atoms with Gasteiger partial charge in [-0.25, -0.2) is 9.78 Å². The molecule has 0 fully saturated rings. The average molecular weight is 364 g/mol. The molecule has 0 saturated carbocycles. The first-order chi connectivity index (χ1) is 12.9. The highest BCUT2D eigenvalue weighted by molar-refractivity contribution is 6.07. The van der Waals surface area contributed by atoms with Gasteiger partial charge in [0.1, 0.15) is 6.04 Å². The number of aryl methyl sites for hydroxylation is 3. The number of amides is 1. The second-order valence-corrected chi connectivity index (χ2v) is 6.98. The summed E-state index contributed by atoms with van der Waals surface area (Å²) < 4.78 is 1.65. The minimum atomic E-state index is -0.997. The molecule has 27 heavy (non-hydrogen) atoms. The maximum atomic E-state index is 13.4. The molecule has 3 aromatic rings. The smallest absolute Gasteiger partial charge is 0.326 e. The van der Waals surface area contributed by atoms with Crippen molar-refractivity contribution in [3.63, 3.8) is 0 Å². The Hall–Kier alpha value is -3.22. The van der Waals surface area contributed by atoms with Gasteiger partial charge in [0.05, 0.1) is 16.6 Å². The summed E-state index contributed by atoms with van der Waals surface area (Å²) in [5.41, 5.74) is 4.43. The van der Waals surface area contributed by atoms with Crippen LogP contribution in [-0.4, -0.2) is 42.7 Å². The second-order valence-electron chi connectivity index (χ2n) is 6.98. The molecular weight excluding hydrogens is 344 g/mol. The molecule has 3 heterocycles. The number of pyridine rings is 1. The molecule has 1 amide bonds. The van der Waals surface area contributed by atoms with Crippen molar-refractivity contribution in [2.45, 2.75) is 32.9 Å². The van der Waals surface area contributed by atoms with Crippen LogP contribution in [0.3, 0.4) is 0 Å². The first kappa shape index (κ1) is 17.2. The van der Waals surface area contributed by atoms with Crippen molar-refractivity contribution >= 4 is 22.9 Å². The Balaban J connectivity index is 1.85. The lowest BCUT2D eigenvalue weighted by Crippen LogP contribution is -2.48. The predicted molar refractivity (Wildman–Crippen MR) is 99.4 cm³/mol. The quantitative estimate of drug-likeness (QED) is 0.753. The van der Waals surface area contributed by atoms with E-state index in [4.69, 9.17) is 0 Å². The number of rotatable bonds is 2. The Morgan fingerprint density at radius 1 is 1.19 bits per heavy atom. The largest absolute Gasteiger partial charge is 0.480 e. The van der Waals surface area contributed by atoms with Gasteiger partial charge in [-0.3, -0.25) is 9.48 Å². The third kappa shape index (κ3) is 2.75. The normalized spacial score (nSPS) is 16.4. The van der Waals surface area contributed by atoms with Crippen LogP contribution in [0.4, 0.5) is 0 Å². The van der Waals surface area contributed by atoms with E-state index in [1.54, 1.807) is 17.8 Å². The number of benzene rings is 1. The summed E-state index contributed by atoms with van der Waals surface area (Å²) in [6, 6.07) is 8.49. The third-order valence-electron chi connectivity index (χ3n) is 5.12. The van der Waals surface area contributed by atoms with E-state index in [2.05, 4.69) is 10.1 Å². The van der Waals surface area contributed by atoms with Crippen molar-refractivity contribution in [3.8, 4) is 0 Å². The van der Waals surface area contributed by atoms with Crippen LogP contribution >= 0.6 is 0 Å². The number of carboxylic acids is 1. The maximum absolute atomic E-state index is 13.4. The van der Waals surface area contributed by atoms with Crippen molar-refractivity contribution in [1.29, 1.82) is 0 Å². The van der Waals surface area contributed by atoms with Crippen LogP contribution < -0.4 is 0 Å². The number of aromatic nitrogens is 3. The highest BCUT2D eigenvalue weighted by Crippen LogP contribution is 2.28. The molecule has 1 N–H and O–H groups in total. The van der Waals surface area contributed by atoms with E-state index in [1.165, 1.54) is 4.90 Å². The van der Waals surface area contributed by atoms with E-state index < -0.39 is 12.0 Å². The SMILES string of the molecule is Cc1cc(C(=O)N2Cc3ccccc3CC2C(=O)O)c2c(C)nn(C)c2n1. The lowest BCUT2D eigenvalue weighted by Gasteiger charge is -2.34. The van der Waals surface area contributed by atoms with Crippen molar-refractivity contribution in [1.82, 2.24) is 19.7 Å². The molecular formula is C20H20N4O3. The zero-order valence-corrected chi connectivity index (χ0v) is 15.4. The van der Waals surface area contributed by atoms with Crippen molar-refractivity contribution < 1.29 is 14.7 Å². The van der Waals surface area contributed by atoms with Crippen LogP contribution in [0.2, 0.25) is 0 Å². The van der Waals surface area contributed by atoms with Gasteiger partial charge in [0.25, 0.3) is 5.91 Å². The van der Waals surface area contributed by atoms with Crippen LogP contribution in [0.5, 0.6) is 0 Å². The number of nitrogens with zero attached hydrogens (tertiary/aromatic N) is 4. The molecule has 0 aliphatic carbocycles. The number of carbonyl (C=O) groups excluding carboxylic acids is 1. The van der Waals surface area contributed by atoms with Gasteiger partial charge in [0, 0.05) is 25.7 Å². The fourth-order valence-electron chi connectivity index (χ4n) is 3.85. The van der Waals surface area contributed by atoms with Crippen LogP contribution in [0.1, 0.15) is 32.9 Å². The second kappa shape index (κ2) is 6.19. The van der Waals surface area contributed by atoms with Gasteiger partial charge in [0.2, 0.25) is 0 Å². The fourth-order valence-corrected chi connectivity index (χ4v) is 3.85. The third-order valence-corrected chi connectivity index (χ3v) is 5.12. The van der Waals surface area contributed by atoms with Gasteiger partial charge in [0.15, 0.2) is 5.65 Å². The highest BCUT2D eigenvalue weighted by Gasteiger charge is 2.36. The number of hydrogen-bond acceptors (Lipinski definition) is 4. The Kier molecular flexibility index (Phi) is 3.95. The summed E-state index contributed by atoms with van der Waals surface area (Å²) in [5, 5.41) is 14.8. The summed E-state index contributed by atoms with van der Waals surface area (Å²) in [6.45, 7) is 3.92. The number of aliphatic carboxylic acids is 1. The van der Waals surface area contributed by atoms with Gasteiger partial charge in [-0.1, -0.05) is 24.3 Å². The molecule has 4 rings (SSSR count). The Morgan fingerprint density at radius 2 is 1.89 bits per heavy atom. The number of carbonyl (C=O) groups is 2. The highest BCUT2D eigenvalue weighted by atomic mass is 16.4. The summed E-state index contributed by atoms with van der Waals surface area (Å²) in [7, 11) is 1.78. The van der Waals surface area contributed by atoms with Crippen molar-refractivity contribution in [3.05, 3.63) is 58.4 Å². The van der Waals surface area contributed by atoms with Gasteiger partial charge >= 0.3 is 5.97 Å². The summed E-state index contributed by atoms with van der Waals surface area (Å²) in [4.78, 5) is 31.3. The molecule has 1 aliphatic heterocycles. The molecule has 0 spiro atoms. The van der Waals surface area contributed by atoms with Crippen molar-refractivity contribution in [2.24, 2.45) is 7.05 Å². The van der Waals surface area contributed by atoms with E-state index >= 15 is 0 Å². The molecule has 1 aliphatic rings. The van der Waals surface area contributed by atoms with Gasteiger partial charge in [-0.05, 0) is 31.0 Å². The molecule has 7 nitrogen and oxygen atoms in total. The lowest BCUT2D eigenvalue weighted by molar-refractivity contribution is -0.142. The molecule has 138 valence electrons. The fraction of sp³-hybridized carbons (Fsp3) is 0.300. The molecule has 1 unspecified atom stereocenters. The molecule has 2 aromatic heterocycles. The molecule has 7 heteroatoms. The maximum Gasteiger partial charge on any atom is 0.326 e. The zero-order valence-electron chi connectivity index (χ0n) is 15.4. The molecule has 1 atom stereocenters. The number of carboxylic acid groups (broad SMARTS) is 1. The Labute approximate surface area is 156 Å². The zero-order chi connectivity index (χ0) is 19.3. The number of hydrogen-bond donors (Lipinski definition) is 1. The van der Waals surface area contributed by atoms with Gasteiger partial charge in [-0.2, -0.15) is 5.10 Å². The van der Waals surface area contributed by atoms with E-state index in [0.717, 1.165) is 11.1 Å². The Bertz CT molecular complexity index is 1090. The van der Waals surface area contributed by atoms with Gasteiger partial charge in [-0.15, -0.1) is 0 Å². The molecule has 0 radical (unpaired) electrons. The van der Waals surface area contributed by atoms with E-state index in [9.17, 15) is 14.7 Å². The van der Waals surface area contributed by atoms with Crippen molar-refractivity contribution in [2.75, 3.05) is 0 Å². The van der Waals surface area contributed by atoms with E-state index in [0.29, 0.717) is 34.4 Å². The van der Waals surface area contributed by atoms with Crippen LogP contribution in [0.25, 0.3) is 11.0 Å². The lowest BCUT2D eigenvalue weighted by atomic mass is 9.93. The summed E-state index contributed by atoms with van der Waals surface area (Å²) in [6.07, 6.45) is 0.302. The molecule has 0 saturated heterocycles.